The zero-order valence-electron chi connectivity index (χ0n) is 12.3. The molecule has 5 nitrogen and oxygen atoms in total. The van der Waals surface area contributed by atoms with Crippen molar-refractivity contribution in [3.63, 3.8) is 0 Å². The Hall–Kier alpha value is -1.79. The Bertz CT molecular complexity index is 737. The molecular weight excluding hydrogens is 298 g/mol. The van der Waals surface area contributed by atoms with Gasteiger partial charge in [0.05, 0.1) is 18.3 Å². The molecule has 1 aromatic heterocycles. The van der Waals surface area contributed by atoms with E-state index in [1.807, 2.05) is 17.7 Å². The summed E-state index contributed by atoms with van der Waals surface area (Å²) < 4.78 is 7.21. The van der Waals surface area contributed by atoms with E-state index in [1.165, 1.54) is 10.5 Å². The number of nitrogens with zero attached hydrogens (tertiary/aromatic N) is 2. The van der Waals surface area contributed by atoms with Gasteiger partial charge in [-0.05, 0) is 13.0 Å². The summed E-state index contributed by atoms with van der Waals surface area (Å²) in [7, 11) is 0. The number of fused-ring (bicyclic) bond motifs is 3. The van der Waals surface area contributed by atoms with Gasteiger partial charge in [0, 0.05) is 34.9 Å². The molecule has 2 aromatic rings. The average Bonchev–Trinajstić information content (AvgIpc) is 2.86. The standard InChI is InChI=1S/C16H17N3O2S/c1-2-21-16(20)14-12-9-22-13-6-4-3-5-11(13)15(12)19(18-14)10-7-17-8-10/h3-6,10,17H,2,7-9H2,1H3. The van der Waals surface area contributed by atoms with Crippen LogP contribution in [0.5, 0.6) is 0 Å². The highest BCUT2D eigenvalue weighted by Gasteiger charge is 2.33. The van der Waals surface area contributed by atoms with Crippen molar-refractivity contribution in [1.29, 1.82) is 0 Å². The highest BCUT2D eigenvalue weighted by atomic mass is 32.2. The molecule has 0 amide bonds. The number of hydrogen-bond acceptors (Lipinski definition) is 5. The third-order valence-electron chi connectivity index (χ3n) is 4.10. The summed E-state index contributed by atoms with van der Waals surface area (Å²) in [5.74, 6) is 0.449. The summed E-state index contributed by atoms with van der Waals surface area (Å²) in [6, 6.07) is 8.64. The molecule has 0 radical (unpaired) electrons. The lowest BCUT2D eigenvalue weighted by molar-refractivity contribution is 0.0517. The molecule has 22 heavy (non-hydrogen) atoms. The molecule has 6 heteroatoms. The smallest absolute Gasteiger partial charge is 0.359 e. The minimum Gasteiger partial charge on any atom is -0.461 e. The second-order valence-electron chi connectivity index (χ2n) is 5.44. The average molecular weight is 315 g/mol. The monoisotopic (exact) mass is 315 g/mol. The van der Waals surface area contributed by atoms with Crippen LogP contribution in [0.1, 0.15) is 29.0 Å². The van der Waals surface area contributed by atoms with Crippen molar-refractivity contribution in [1.82, 2.24) is 15.1 Å². The van der Waals surface area contributed by atoms with E-state index >= 15 is 0 Å². The van der Waals surface area contributed by atoms with Gasteiger partial charge in [0.2, 0.25) is 0 Å². The number of thioether (sulfide) groups is 1. The fraction of sp³-hybridized carbons (Fsp3) is 0.375. The SMILES string of the molecule is CCOC(=O)c1nn(C2CNC2)c2c1CSc1ccccc1-2. The number of benzene rings is 1. The highest BCUT2D eigenvalue weighted by Crippen LogP contribution is 2.43. The number of nitrogens with one attached hydrogen (secondary N) is 1. The minimum atomic E-state index is -0.315. The first-order valence-corrected chi connectivity index (χ1v) is 8.49. The van der Waals surface area contributed by atoms with Crippen LogP contribution in [0.3, 0.4) is 0 Å². The molecule has 4 rings (SSSR count). The Morgan fingerprint density at radius 2 is 2.27 bits per heavy atom. The predicted molar refractivity (Wildman–Crippen MR) is 85.1 cm³/mol. The number of carbonyl (C=O) groups excluding carboxylic acids is 1. The molecule has 0 aliphatic carbocycles. The van der Waals surface area contributed by atoms with Crippen LogP contribution >= 0.6 is 11.8 Å². The van der Waals surface area contributed by atoms with E-state index in [4.69, 9.17) is 4.74 Å². The van der Waals surface area contributed by atoms with Gasteiger partial charge in [-0.3, -0.25) is 4.68 Å². The number of hydrogen-bond donors (Lipinski definition) is 1. The van der Waals surface area contributed by atoms with E-state index in [0.29, 0.717) is 18.3 Å². The van der Waals surface area contributed by atoms with Crippen LogP contribution in [0.25, 0.3) is 11.3 Å². The second-order valence-corrected chi connectivity index (χ2v) is 6.45. The highest BCUT2D eigenvalue weighted by molar-refractivity contribution is 7.98. The molecule has 1 aromatic carbocycles. The zero-order valence-corrected chi connectivity index (χ0v) is 13.2. The van der Waals surface area contributed by atoms with Crippen LogP contribution in [-0.2, 0) is 10.5 Å². The molecule has 2 aliphatic rings. The van der Waals surface area contributed by atoms with Crippen molar-refractivity contribution in [2.24, 2.45) is 0 Å². The van der Waals surface area contributed by atoms with Crippen LogP contribution < -0.4 is 5.32 Å². The molecule has 0 unspecified atom stereocenters. The van der Waals surface area contributed by atoms with Crippen molar-refractivity contribution < 1.29 is 9.53 Å². The Kier molecular flexibility index (Phi) is 3.43. The summed E-state index contributed by atoms with van der Waals surface area (Å²) in [5, 5.41) is 7.89. The van der Waals surface area contributed by atoms with E-state index in [0.717, 1.165) is 30.1 Å². The maximum Gasteiger partial charge on any atom is 0.359 e. The number of ether oxygens (including phenoxy) is 1. The molecule has 0 bridgehead atoms. The second kappa shape index (κ2) is 5.44. The molecule has 2 aliphatic heterocycles. The van der Waals surface area contributed by atoms with Crippen molar-refractivity contribution in [3.8, 4) is 11.3 Å². The van der Waals surface area contributed by atoms with Crippen molar-refractivity contribution >= 4 is 17.7 Å². The van der Waals surface area contributed by atoms with Gasteiger partial charge in [-0.15, -0.1) is 11.8 Å². The zero-order chi connectivity index (χ0) is 15.1. The molecule has 0 atom stereocenters. The molecule has 1 saturated heterocycles. The quantitative estimate of drug-likeness (QED) is 0.882. The normalized spacial score (nSPS) is 16.6. The molecule has 114 valence electrons. The first-order chi connectivity index (χ1) is 10.8. The first-order valence-electron chi connectivity index (χ1n) is 7.51. The number of rotatable bonds is 3. The lowest BCUT2D eigenvalue weighted by Gasteiger charge is -2.30. The maximum atomic E-state index is 12.2. The summed E-state index contributed by atoms with van der Waals surface area (Å²) >= 11 is 1.75. The van der Waals surface area contributed by atoms with Crippen LogP contribution in [0.2, 0.25) is 0 Å². The molecule has 3 heterocycles. The Labute approximate surface area is 133 Å². The van der Waals surface area contributed by atoms with Gasteiger partial charge in [0.15, 0.2) is 5.69 Å². The predicted octanol–water partition coefficient (Wildman–Crippen LogP) is 2.48. The van der Waals surface area contributed by atoms with E-state index in [-0.39, 0.29) is 5.97 Å². The van der Waals surface area contributed by atoms with Gasteiger partial charge in [0.1, 0.15) is 0 Å². The van der Waals surface area contributed by atoms with Crippen molar-refractivity contribution in [3.05, 3.63) is 35.5 Å². The van der Waals surface area contributed by atoms with Gasteiger partial charge in [-0.25, -0.2) is 4.79 Å². The summed E-state index contributed by atoms with van der Waals surface area (Å²) in [4.78, 5) is 13.5. The summed E-state index contributed by atoms with van der Waals surface area (Å²) in [6.07, 6.45) is 0. The maximum absolute atomic E-state index is 12.2. The van der Waals surface area contributed by atoms with Gasteiger partial charge in [0.25, 0.3) is 0 Å². The lowest BCUT2D eigenvalue weighted by atomic mass is 10.0. The number of aromatic nitrogens is 2. The third kappa shape index (κ3) is 2.06. The van der Waals surface area contributed by atoms with E-state index in [9.17, 15) is 4.79 Å². The van der Waals surface area contributed by atoms with Crippen LogP contribution in [0, 0.1) is 0 Å². The molecule has 1 N–H and O–H groups in total. The molecule has 1 fully saturated rings. The Morgan fingerprint density at radius 3 is 3.00 bits per heavy atom. The largest absolute Gasteiger partial charge is 0.461 e. The summed E-state index contributed by atoms with van der Waals surface area (Å²) in [6.45, 7) is 3.98. The minimum absolute atomic E-state index is 0.313. The van der Waals surface area contributed by atoms with Crippen LogP contribution in [-0.4, -0.2) is 35.4 Å². The van der Waals surface area contributed by atoms with Crippen molar-refractivity contribution in [2.75, 3.05) is 19.7 Å². The topological polar surface area (TPSA) is 56.1 Å². The number of esters is 1. The first kappa shape index (κ1) is 13.8. The van der Waals surface area contributed by atoms with Crippen LogP contribution in [0.15, 0.2) is 29.2 Å². The van der Waals surface area contributed by atoms with Crippen LogP contribution in [0.4, 0.5) is 0 Å². The van der Waals surface area contributed by atoms with Crippen molar-refractivity contribution in [2.45, 2.75) is 23.6 Å². The van der Waals surface area contributed by atoms with Gasteiger partial charge in [-0.2, -0.15) is 5.10 Å². The third-order valence-corrected chi connectivity index (χ3v) is 5.20. The molecule has 0 spiro atoms. The number of carbonyl (C=O) groups is 1. The van der Waals surface area contributed by atoms with E-state index in [1.54, 1.807) is 11.8 Å². The fourth-order valence-electron chi connectivity index (χ4n) is 2.90. The molecular formula is C16H17N3O2S. The van der Waals surface area contributed by atoms with Gasteiger partial charge >= 0.3 is 5.97 Å². The Morgan fingerprint density at radius 1 is 1.45 bits per heavy atom. The summed E-state index contributed by atoms with van der Waals surface area (Å²) in [5.41, 5.74) is 3.74. The lowest BCUT2D eigenvalue weighted by Crippen LogP contribution is -2.44. The molecule has 0 saturated carbocycles. The van der Waals surface area contributed by atoms with Gasteiger partial charge < -0.3 is 10.1 Å². The Balaban J connectivity index is 1.89. The fourth-order valence-corrected chi connectivity index (χ4v) is 3.97. The van der Waals surface area contributed by atoms with E-state index < -0.39 is 0 Å². The van der Waals surface area contributed by atoms with Gasteiger partial charge in [-0.1, -0.05) is 18.2 Å². The van der Waals surface area contributed by atoms with E-state index in [2.05, 4.69) is 28.6 Å².